The van der Waals surface area contributed by atoms with Crippen LogP contribution in [0.4, 0.5) is 0 Å². The number of nitrogens with zero attached hydrogens (tertiary/aromatic N) is 2. The standard InChI is InChI=1S/C15H18N2O4S/c1-11(21-14-5-3-12(9-16)4-6-14)15(18)17(2)13-7-8-22(19,20)10-13/h3-6,11,13H,7-8,10H2,1-2H3. The van der Waals surface area contributed by atoms with Gasteiger partial charge < -0.3 is 9.64 Å². The molecule has 0 saturated carbocycles. The average molecular weight is 322 g/mol. The summed E-state index contributed by atoms with van der Waals surface area (Å²) in [6.45, 7) is 1.63. The maximum Gasteiger partial charge on any atom is 0.263 e. The first-order chi connectivity index (χ1) is 10.3. The second-order valence-electron chi connectivity index (χ2n) is 5.40. The Morgan fingerprint density at radius 1 is 1.41 bits per heavy atom. The molecule has 1 heterocycles. The molecule has 22 heavy (non-hydrogen) atoms. The van der Waals surface area contributed by atoms with E-state index < -0.39 is 15.9 Å². The molecule has 2 unspecified atom stereocenters. The molecule has 1 aromatic carbocycles. The maximum absolute atomic E-state index is 12.3. The van der Waals surface area contributed by atoms with Crippen LogP contribution in [0.3, 0.4) is 0 Å². The molecule has 0 radical (unpaired) electrons. The van der Waals surface area contributed by atoms with Gasteiger partial charge in [-0.05, 0) is 37.6 Å². The first kappa shape index (κ1) is 16.3. The summed E-state index contributed by atoms with van der Waals surface area (Å²) in [6.07, 6.45) is -0.255. The Bertz CT molecular complexity index is 691. The van der Waals surface area contributed by atoms with Crippen LogP contribution in [0.2, 0.25) is 0 Å². The molecule has 0 spiro atoms. The molecule has 0 aliphatic carbocycles. The van der Waals surface area contributed by atoms with Crippen LogP contribution < -0.4 is 4.74 Å². The number of amides is 1. The van der Waals surface area contributed by atoms with Gasteiger partial charge in [0.2, 0.25) is 0 Å². The largest absolute Gasteiger partial charge is 0.481 e. The van der Waals surface area contributed by atoms with Crippen molar-refractivity contribution in [1.29, 1.82) is 5.26 Å². The van der Waals surface area contributed by atoms with Crippen LogP contribution in [-0.4, -0.2) is 49.9 Å². The molecule has 1 saturated heterocycles. The predicted octanol–water partition coefficient (Wildman–Crippen LogP) is 0.971. The number of benzene rings is 1. The van der Waals surface area contributed by atoms with Crippen LogP contribution in [0, 0.1) is 11.3 Å². The Labute approximate surface area is 130 Å². The van der Waals surface area contributed by atoms with Gasteiger partial charge in [-0.2, -0.15) is 5.26 Å². The summed E-state index contributed by atoms with van der Waals surface area (Å²) >= 11 is 0. The smallest absolute Gasteiger partial charge is 0.263 e. The van der Waals surface area contributed by atoms with Gasteiger partial charge in [-0.15, -0.1) is 0 Å². The van der Waals surface area contributed by atoms with Crippen LogP contribution in [0.15, 0.2) is 24.3 Å². The van der Waals surface area contributed by atoms with Crippen LogP contribution in [0.25, 0.3) is 0 Å². The van der Waals surface area contributed by atoms with Crippen molar-refractivity contribution in [2.24, 2.45) is 0 Å². The predicted molar refractivity (Wildman–Crippen MR) is 81.1 cm³/mol. The van der Waals surface area contributed by atoms with E-state index in [0.29, 0.717) is 17.7 Å². The molecule has 0 N–H and O–H groups in total. The van der Waals surface area contributed by atoms with Crippen molar-refractivity contribution in [3.63, 3.8) is 0 Å². The van der Waals surface area contributed by atoms with Gasteiger partial charge in [-0.3, -0.25) is 4.79 Å². The monoisotopic (exact) mass is 322 g/mol. The first-order valence-electron chi connectivity index (χ1n) is 6.96. The fraction of sp³-hybridized carbons (Fsp3) is 0.467. The number of carbonyl (C=O) groups excluding carboxylic acids is 1. The van der Waals surface area contributed by atoms with Gasteiger partial charge in [-0.25, -0.2) is 8.42 Å². The third-order valence-corrected chi connectivity index (χ3v) is 5.50. The number of carbonyl (C=O) groups is 1. The average Bonchev–Trinajstić information content (AvgIpc) is 2.86. The van der Waals surface area contributed by atoms with E-state index in [1.807, 2.05) is 6.07 Å². The molecule has 1 amide bonds. The quantitative estimate of drug-likeness (QED) is 0.824. The molecule has 0 aromatic heterocycles. The van der Waals surface area contributed by atoms with E-state index in [2.05, 4.69) is 0 Å². The number of ether oxygens (including phenoxy) is 1. The topological polar surface area (TPSA) is 87.5 Å². The summed E-state index contributed by atoms with van der Waals surface area (Å²) in [4.78, 5) is 13.8. The fourth-order valence-corrected chi connectivity index (χ4v) is 4.18. The van der Waals surface area contributed by atoms with Gasteiger partial charge in [-0.1, -0.05) is 0 Å². The van der Waals surface area contributed by atoms with Crippen molar-refractivity contribution in [2.75, 3.05) is 18.6 Å². The molecule has 1 aliphatic rings. The highest BCUT2D eigenvalue weighted by atomic mass is 32.2. The molecule has 2 atom stereocenters. The third-order valence-electron chi connectivity index (χ3n) is 3.75. The number of hydrogen-bond donors (Lipinski definition) is 0. The lowest BCUT2D eigenvalue weighted by molar-refractivity contribution is -0.138. The van der Waals surface area contributed by atoms with Gasteiger partial charge >= 0.3 is 0 Å². The maximum atomic E-state index is 12.3. The second kappa shape index (κ2) is 6.36. The number of likely N-dealkylation sites (N-methyl/N-ethyl adjacent to an activating group) is 1. The lowest BCUT2D eigenvalue weighted by Gasteiger charge is -2.26. The fourth-order valence-electron chi connectivity index (χ4n) is 2.41. The summed E-state index contributed by atoms with van der Waals surface area (Å²) in [5.74, 6) is 0.373. The summed E-state index contributed by atoms with van der Waals surface area (Å²) in [5, 5.41) is 8.73. The van der Waals surface area contributed by atoms with Crippen LogP contribution in [0.1, 0.15) is 18.9 Å². The highest BCUT2D eigenvalue weighted by Crippen LogP contribution is 2.19. The van der Waals surface area contributed by atoms with Crippen molar-refractivity contribution in [2.45, 2.75) is 25.5 Å². The molecule has 1 aromatic rings. The molecule has 118 valence electrons. The van der Waals surface area contributed by atoms with Gasteiger partial charge in [0.05, 0.1) is 23.1 Å². The summed E-state index contributed by atoms with van der Waals surface area (Å²) in [5.41, 5.74) is 0.514. The normalized spacial score (nSPS) is 20.9. The molecule has 6 nitrogen and oxygen atoms in total. The summed E-state index contributed by atoms with van der Waals surface area (Å²) in [6, 6.07) is 8.19. The van der Waals surface area contributed by atoms with E-state index in [9.17, 15) is 13.2 Å². The second-order valence-corrected chi connectivity index (χ2v) is 7.63. The summed E-state index contributed by atoms with van der Waals surface area (Å²) in [7, 11) is -1.43. The number of hydrogen-bond acceptors (Lipinski definition) is 5. The van der Waals surface area contributed by atoms with Gasteiger partial charge in [0.15, 0.2) is 15.9 Å². The van der Waals surface area contributed by atoms with Crippen molar-refractivity contribution >= 4 is 15.7 Å². The zero-order valence-electron chi connectivity index (χ0n) is 12.5. The third kappa shape index (κ3) is 3.77. The zero-order chi connectivity index (χ0) is 16.3. The van der Waals surface area contributed by atoms with Crippen molar-refractivity contribution in [3.05, 3.63) is 29.8 Å². The van der Waals surface area contributed by atoms with Crippen molar-refractivity contribution in [3.8, 4) is 11.8 Å². The van der Waals surface area contributed by atoms with Gasteiger partial charge in [0, 0.05) is 13.1 Å². The van der Waals surface area contributed by atoms with E-state index in [1.54, 1.807) is 38.2 Å². The Morgan fingerprint density at radius 2 is 2.05 bits per heavy atom. The Morgan fingerprint density at radius 3 is 2.55 bits per heavy atom. The lowest BCUT2D eigenvalue weighted by atomic mass is 10.2. The number of rotatable bonds is 4. The Balaban J connectivity index is 1.98. The molecular formula is C15H18N2O4S. The van der Waals surface area contributed by atoms with E-state index >= 15 is 0 Å². The minimum absolute atomic E-state index is 0.0127. The van der Waals surface area contributed by atoms with Crippen molar-refractivity contribution in [1.82, 2.24) is 4.90 Å². The number of nitriles is 1. The minimum atomic E-state index is -3.03. The van der Waals surface area contributed by atoms with E-state index in [4.69, 9.17) is 10.00 Å². The lowest BCUT2D eigenvalue weighted by Crippen LogP contribution is -2.44. The van der Waals surface area contributed by atoms with Crippen LogP contribution in [-0.2, 0) is 14.6 Å². The van der Waals surface area contributed by atoms with Gasteiger partial charge in [0.25, 0.3) is 5.91 Å². The Kier molecular flexibility index (Phi) is 4.71. The number of sulfone groups is 1. The molecule has 2 rings (SSSR count). The first-order valence-corrected chi connectivity index (χ1v) is 8.78. The van der Waals surface area contributed by atoms with Crippen molar-refractivity contribution < 1.29 is 17.9 Å². The van der Waals surface area contributed by atoms with E-state index in [1.165, 1.54) is 4.90 Å². The molecule has 1 aliphatic heterocycles. The highest BCUT2D eigenvalue weighted by molar-refractivity contribution is 7.91. The Hall–Kier alpha value is -2.07. The van der Waals surface area contributed by atoms with Crippen LogP contribution >= 0.6 is 0 Å². The van der Waals surface area contributed by atoms with E-state index in [0.717, 1.165) is 0 Å². The SMILES string of the molecule is CC(Oc1ccc(C#N)cc1)C(=O)N(C)C1CCS(=O)(=O)C1. The molecule has 0 bridgehead atoms. The van der Waals surface area contributed by atoms with Crippen LogP contribution in [0.5, 0.6) is 5.75 Å². The minimum Gasteiger partial charge on any atom is -0.481 e. The van der Waals surface area contributed by atoms with Gasteiger partial charge in [0.1, 0.15) is 5.75 Å². The highest BCUT2D eigenvalue weighted by Gasteiger charge is 2.34. The molecule has 7 heteroatoms. The summed E-state index contributed by atoms with van der Waals surface area (Å²) < 4.78 is 28.5. The molecule has 1 fully saturated rings. The molecular weight excluding hydrogens is 304 g/mol. The zero-order valence-corrected chi connectivity index (χ0v) is 13.3. The van der Waals surface area contributed by atoms with E-state index in [-0.39, 0.29) is 23.5 Å².